The molecule has 1 aromatic rings. The molecule has 0 aromatic heterocycles. The second kappa shape index (κ2) is 6.92. The van der Waals surface area contributed by atoms with Crippen LogP contribution in [0.4, 0.5) is 4.39 Å². The Morgan fingerprint density at radius 2 is 1.94 bits per heavy atom. The molecule has 0 radical (unpaired) electrons. The molecule has 1 aromatic carbocycles. The molecule has 0 aliphatic heterocycles. The van der Waals surface area contributed by atoms with E-state index in [0.29, 0.717) is 13.2 Å². The minimum absolute atomic E-state index is 0.0106. The Labute approximate surface area is 110 Å². The van der Waals surface area contributed by atoms with E-state index in [1.165, 1.54) is 12.1 Å². The topological polar surface area (TPSA) is 52.6 Å². The van der Waals surface area contributed by atoms with Gasteiger partial charge in [0.2, 0.25) is 0 Å². The zero-order valence-corrected chi connectivity index (χ0v) is 11.4. The quantitative estimate of drug-likeness (QED) is 0.573. The van der Waals surface area contributed by atoms with Gasteiger partial charge in [-0.25, -0.2) is 12.8 Å². The van der Waals surface area contributed by atoms with Gasteiger partial charge in [-0.2, -0.15) is 0 Å². The summed E-state index contributed by atoms with van der Waals surface area (Å²) in [7, 11) is 2.78. The van der Waals surface area contributed by atoms with Gasteiger partial charge in [-0.05, 0) is 31.0 Å². The van der Waals surface area contributed by atoms with Crippen molar-refractivity contribution in [2.24, 2.45) is 0 Å². The molecule has 102 valence electrons. The summed E-state index contributed by atoms with van der Waals surface area (Å²) < 4.78 is 45.5. The average Bonchev–Trinajstić information content (AvgIpc) is 2.29. The maximum absolute atomic E-state index is 13.5. The molecule has 1 rings (SSSR count). The van der Waals surface area contributed by atoms with Gasteiger partial charge >= 0.3 is 0 Å². The number of unbranched alkanes of at least 4 members (excludes halogenated alkanes) is 1. The molecule has 0 saturated heterocycles. The normalized spacial score (nSPS) is 11.5. The van der Waals surface area contributed by atoms with Gasteiger partial charge in [-0.15, -0.1) is 0 Å². The third kappa shape index (κ3) is 4.80. The van der Waals surface area contributed by atoms with Crippen molar-refractivity contribution >= 4 is 19.7 Å². The second-order valence-electron chi connectivity index (χ2n) is 3.58. The molecule has 0 unspecified atom stereocenters. The number of ether oxygens (including phenoxy) is 2. The summed E-state index contributed by atoms with van der Waals surface area (Å²) in [5.41, 5.74) is 0. The smallest absolute Gasteiger partial charge is 0.261 e. The van der Waals surface area contributed by atoms with Gasteiger partial charge in [-0.3, -0.25) is 0 Å². The Morgan fingerprint density at radius 3 is 2.50 bits per heavy atom. The van der Waals surface area contributed by atoms with E-state index in [0.717, 1.165) is 18.9 Å². The van der Waals surface area contributed by atoms with Crippen LogP contribution in [0.1, 0.15) is 12.8 Å². The number of methoxy groups -OCH3 is 1. The lowest BCUT2D eigenvalue weighted by Crippen LogP contribution is -2.02. The van der Waals surface area contributed by atoms with E-state index in [1.807, 2.05) is 0 Å². The van der Waals surface area contributed by atoms with Crippen molar-refractivity contribution in [1.82, 2.24) is 0 Å². The molecule has 18 heavy (non-hydrogen) atoms. The maximum Gasteiger partial charge on any atom is 0.261 e. The van der Waals surface area contributed by atoms with E-state index in [4.69, 9.17) is 20.2 Å². The number of benzene rings is 1. The third-order valence-electron chi connectivity index (χ3n) is 2.19. The Balaban J connectivity index is 2.58. The fourth-order valence-electron chi connectivity index (χ4n) is 1.28. The Morgan fingerprint density at radius 1 is 1.28 bits per heavy atom. The van der Waals surface area contributed by atoms with Crippen molar-refractivity contribution in [3.8, 4) is 5.75 Å². The lowest BCUT2D eigenvalue weighted by molar-refractivity contribution is 0.183. The van der Waals surface area contributed by atoms with Gasteiger partial charge in [-0.1, -0.05) is 0 Å². The highest BCUT2D eigenvalue weighted by Gasteiger charge is 2.13. The lowest BCUT2D eigenvalue weighted by Gasteiger charge is -2.07. The molecule has 0 aliphatic rings. The predicted octanol–water partition coefficient (Wildman–Crippen LogP) is 2.56. The maximum atomic E-state index is 13.5. The average molecular weight is 297 g/mol. The van der Waals surface area contributed by atoms with Crippen LogP contribution in [0.25, 0.3) is 0 Å². The highest BCUT2D eigenvalue weighted by molar-refractivity contribution is 8.13. The standard InChI is InChI=1S/C11H14ClFO4S/c1-16-6-2-3-7-17-11-5-4-9(8-10(11)13)18(12,14)15/h4-5,8H,2-3,6-7H2,1H3. The van der Waals surface area contributed by atoms with Crippen LogP contribution in [0.2, 0.25) is 0 Å². The lowest BCUT2D eigenvalue weighted by atomic mass is 10.3. The van der Waals surface area contributed by atoms with Crippen LogP contribution in [-0.2, 0) is 13.8 Å². The summed E-state index contributed by atoms with van der Waals surface area (Å²) in [5, 5.41) is 0. The molecule has 0 N–H and O–H groups in total. The number of rotatable bonds is 7. The van der Waals surface area contributed by atoms with Gasteiger partial charge < -0.3 is 9.47 Å². The van der Waals surface area contributed by atoms with E-state index in [9.17, 15) is 12.8 Å². The van der Waals surface area contributed by atoms with Crippen LogP contribution in [0.3, 0.4) is 0 Å². The highest BCUT2D eigenvalue weighted by Crippen LogP contribution is 2.23. The van der Waals surface area contributed by atoms with E-state index >= 15 is 0 Å². The van der Waals surface area contributed by atoms with Gasteiger partial charge in [0.05, 0.1) is 11.5 Å². The van der Waals surface area contributed by atoms with Crippen LogP contribution < -0.4 is 4.74 Å². The van der Waals surface area contributed by atoms with Crippen LogP contribution in [-0.4, -0.2) is 28.7 Å². The van der Waals surface area contributed by atoms with E-state index in [1.54, 1.807) is 7.11 Å². The number of hydrogen-bond donors (Lipinski definition) is 0. The van der Waals surface area contributed by atoms with E-state index < -0.39 is 14.9 Å². The van der Waals surface area contributed by atoms with Gasteiger partial charge in [0.15, 0.2) is 11.6 Å². The first-order valence-electron chi connectivity index (χ1n) is 5.31. The van der Waals surface area contributed by atoms with Crippen molar-refractivity contribution in [3.63, 3.8) is 0 Å². The first kappa shape index (κ1) is 15.2. The Hall–Kier alpha value is -0.850. The third-order valence-corrected chi connectivity index (χ3v) is 3.54. The molecule has 4 nitrogen and oxygen atoms in total. The van der Waals surface area contributed by atoms with Crippen LogP contribution >= 0.6 is 10.7 Å². The molecule has 0 bridgehead atoms. The van der Waals surface area contributed by atoms with Crippen molar-refractivity contribution in [1.29, 1.82) is 0 Å². The van der Waals surface area contributed by atoms with Crippen LogP contribution in [0.5, 0.6) is 5.75 Å². The van der Waals surface area contributed by atoms with Crippen LogP contribution in [0, 0.1) is 5.82 Å². The summed E-state index contributed by atoms with van der Waals surface area (Å²) in [5.74, 6) is -0.736. The van der Waals surface area contributed by atoms with Gasteiger partial charge in [0.25, 0.3) is 9.05 Å². The van der Waals surface area contributed by atoms with Gasteiger partial charge in [0.1, 0.15) is 0 Å². The summed E-state index contributed by atoms with van der Waals surface area (Å²) >= 11 is 0. The molecule has 0 spiro atoms. The molecule has 0 saturated carbocycles. The first-order chi connectivity index (χ1) is 8.45. The molecule has 0 amide bonds. The van der Waals surface area contributed by atoms with Crippen molar-refractivity contribution < 1.29 is 22.3 Å². The van der Waals surface area contributed by atoms with Crippen molar-refractivity contribution in [3.05, 3.63) is 24.0 Å². The monoisotopic (exact) mass is 296 g/mol. The molecular weight excluding hydrogens is 283 g/mol. The number of hydrogen-bond acceptors (Lipinski definition) is 4. The van der Waals surface area contributed by atoms with Crippen molar-refractivity contribution in [2.75, 3.05) is 20.3 Å². The first-order valence-corrected chi connectivity index (χ1v) is 7.62. The predicted molar refractivity (Wildman–Crippen MR) is 66.0 cm³/mol. The Bertz CT molecular complexity index is 490. The molecule has 7 heteroatoms. The fourth-order valence-corrected chi connectivity index (χ4v) is 2.04. The zero-order chi connectivity index (χ0) is 13.6. The molecule has 0 heterocycles. The van der Waals surface area contributed by atoms with E-state index in [2.05, 4.69) is 0 Å². The SMILES string of the molecule is COCCCCOc1ccc(S(=O)(=O)Cl)cc1F. The molecule has 0 atom stereocenters. The largest absolute Gasteiger partial charge is 0.491 e. The van der Waals surface area contributed by atoms with Crippen LogP contribution in [0.15, 0.2) is 23.1 Å². The minimum atomic E-state index is -3.91. The highest BCUT2D eigenvalue weighted by atomic mass is 35.7. The summed E-state index contributed by atoms with van der Waals surface area (Å²) in [6.07, 6.45) is 1.54. The van der Waals surface area contributed by atoms with E-state index in [-0.39, 0.29) is 10.6 Å². The molecular formula is C11H14ClFO4S. The Kier molecular flexibility index (Phi) is 5.84. The summed E-state index contributed by atoms with van der Waals surface area (Å²) in [4.78, 5) is -0.284. The number of halogens is 2. The summed E-state index contributed by atoms with van der Waals surface area (Å²) in [6, 6.07) is 3.30. The molecule has 0 fully saturated rings. The minimum Gasteiger partial charge on any atom is -0.491 e. The second-order valence-corrected chi connectivity index (χ2v) is 6.14. The zero-order valence-electron chi connectivity index (χ0n) is 9.86. The van der Waals surface area contributed by atoms with Gasteiger partial charge in [0, 0.05) is 24.4 Å². The van der Waals surface area contributed by atoms with Crippen molar-refractivity contribution in [2.45, 2.75) is 17.7 Å². The summed E-state index contributed by atoms with van der Waals surface area (Å²) in [6.45, 7) is 0.961. The fraction of sp³-hybridized carbons (Fsp3) is 0.455. The molecule has 0 aliphatic carbocycles.